The quantitative estimate of drug-likeness (QED) is 0.782. The van der Waals surface area contributed by atoms with Gasteiger partial charge in [0.05, 0.1) is 6.20 Å². The maximum absolute atomic E-state index is 4.20. The monoisotopic (exact) mass is 193 g/mol. The Morgan fingerprint density at radius 3 is 3.14 bits per heavy atom. The molecule has 1 saturated heterocycles. The van der Waals surface area contributed by atoms with Gasteiger partial charge in [-0.25, -0.2) is 0 Å². The lowest BCUT2D eigenvalue weighted by atomic mass is 9.89. The van der Waals surface area contributed by atoms with Crippen LogP contribution in [0.1, 0.15) is 18.9 Å². The van der Waals surface area contributed by atoms with Gasteiger partial charge in [-0.05, 0) is 43.3 Å². The fourth-order valence-electron chi connectivity index (χ4n) is 2.28. The van der Waals surface area contributed by atoms with Gasteiger partial charge in [-0.2, -0.15) is 5.10 Å². The summed E-state index contributed by atoms with van der Waals surface area (Å²) in [5.41, 5.74) is 1.37. The Bertz CT molecular complexity index is 286. The van der Waals surface area contributed by atoms with Crippen molar-refractivity contribution in [1.29, 1.82) is 0 Å². The van der Waals surface area contributed by atoms with Crippen molar-refractivity contribution in [1.82, 2.24) is 15.1 Å². The predicted octanol–water partition coefficient (Wildman–Crippen LogP) is 1.21. The lowest BCUT2D eigenvalue weighted by molar-refractivity contribution is 0.385. The van der Waals surface area contributed by atoms with Crippen molar-refractivity contribution in [3.63, 3.8) is 0 Å². The van der Waals surface area contributed by atoms with Crippen molar-refractivity contribution in [3.8, 4) is 0 Å². The van der Waals surface area contributed by atoms with E-state index in [4.69, 9.17) is 0 Å². The largest absolute Gasteiger partial charge is 0.316 e. The topological polar surface area (TPSA) is 29.9 Å². The first-order chi connectivity index (χ1) is 6.75. The Kier molecular flexibility index (Phi) is 2.87. The maximum Gasteiger partial charge on any atom is 0.0521 e. The van der Waals surface area contributed by atoms with Crippen molar-refractivity contribution < 1.29 is 0 Å². The molecule has 0 aromatic carbocycles. The first-order valence-electron chi connectivity index (χ1n) is 5.44. The SMILES string of the molecule is CC(Cc1cnn(C)c1)C1CCNC1. The number of hydrogen-bond donors (Lipinski definition) is 1. The molecule has 0 saturated carbocycles. The van der Waals surface area contributed by atoms with Crippen LogP contribution in [0.3, 0.4) is 0 Å². The molecule has 0 amide bonds. The highest BCUT2D eigenvalue weighted by atomic mass is 15.2. The molecule has 1 aromatic heterocycles. The average molecular weight is 193 g/mol. The van der Waals surface area contributed by atoms with Gasteiger partial charge < -0.3 is 5.32 Å². The van der Waals surface area contributed by atoms with E-state index < -0.39 is 0 Å². The van der Waals surface area contributed by atoms with E-state index in [0.29, 0.717) is 0 Å². The normalized spacial score (nSPS) is 24.0. The number of hydrogen-bond acceptors (Lipinski definition) is 2. The second-order valence-corrected chi connectivity index (χ2v) is 4.46. The van der Waals surface area contributed by atoms with E-state index in [1.807, 2.05) is 17.9 Å². The summed E-state index contributed by atoms with van der Waals surface area (Å²) in [6.07, 6.45) is 6.61. The van der Waals surface area contributed by atoms with Gasteiger partial charge in [0.1, 0.15) is 0 Å². The minimum Gasteiger partial charge on any atom is -0.316 e. The molecule has 2 heterocycles. The molecule has 0 bridgehead atoms. The van der Waals surface area contributed by atoms with E-state index in [2.05, 4.69) is 23.5 Å². The Morgan fingerprint density at radius 2 is 2.57 bits per heavy atom. The van der Waals surface area contributed by atoms with E-state index in [9.17, 15) is 0 Å². The molecule has 0 spiro atoms. The molecule has 2 unspecified atom stereocenters. The van der Waals surface area contributed by atoms with Crippen LogP contribution < -0.4 is 5.32 Å². The second-order valence-electron chi connectivity index (χ2n) is 4.46. The van der Waals surface area contributed by atoms with E-state index >= 15 is 0 Å². The third kappa shape index (κ3) is 2.15. The number of rotatable bonds is 3. The number of nitrogens with zero attached hydrogens (tertiary/aromatic N) is 2. The van der Waals surface area contributed by atoms with Crippen molar-refractivity contribution in [2.75, 3.05) is 13.1 Å². The van der Waals surface area contributed by atoms with E-state index in [1.165, 1.54) is 31.5 Å². The molecular formula is C11H19N3. The Hall–Kier alpha value is -0.830. The molecule has 1 aliphatic heterocycles. The summed E-state index contributed by atoms with van der Waals surface area (Å²) in [4.78, 5) is 0. The van der Waals surface area contributed by atoms with Crippen molar-refractivity contribution >= 4 is 0 Å². The number of nitrogens with one attached hydrogen (secondary N) is 1. The van der Waals surface area contributed by atoms with Crippen LogP contribution in [0.5, 0.6) is 0 Å². The molecule has 0 radical (unpaired) electrons. The predicted molar refractivity (Wildman–Crippen MR) is 57.1 cm³/mol. The van der Waals surface area contributed by atoms with Gasteiger partial charge in [-0.3, -0.25) is 4.68 Å². The molecular weight excluding hydrogens is 174 g/mol. The summed E-state index contributed by atoms with van der Waals surface area (Å²) in [6.45, 7) is 4.74. The van der Waals surface area contributed by atoms with Gasteiger partial charge in [0.15, 0.2) is 0 Å². The molecule has 0 aliphatic carbocycles. The van der Waals surface area contributed by atoms with Gasteiger partial charge in [-0.15, -0.1) is 0 Å². The van der Waals surface area contributed by atoms with Crippen LogP contribution in [-0.4, -0.2) is 22.9 Å². The number of aromatic nitrogens is 2. The molecule has 2 rings (SSSR count). The zero-order valence-electron chi connectivity index (χ0n) is 9.03. The molecule has 1 aliphatic rings. The smallest absolute Gasteiger partial charge is 0.0521 e. The molecule has 3 nitrogen and oxygen atoms in total. The van der Waals surface area contributed by atoms with Crippen molar-refractivity contribution in [2.24, 2.45) is 18.9 Å². The van der Waals surface area contributed by atoms with Gasteiger partial charge in [0.25, 0.3) is 0 Å². The highest BCUT2D eigenvalue weighted by molar-refractivity contribution is 5.05. The first kappa shape index (κ1) is 9.71. The fraction of sp³-hybridized carbons (Fsp3) is 0.727. The van der Waals surface area contributed by atoms with Crippen LogP contribution in [0.25, 0.3) is 0 Å². The van der Waals surface area contributed by atoms with E-state index in [1.54, 1.807) is 0 Å². The van der Waals surface area contributed by atoms with E-state index in [-0.39, 0.29) is 0 Å². The molecule has 14 heavy (non-hydrogen) atoms. The lowest BCUT2D eigenvalue weighted by Gasteiger charge is -2.16. The molecule has 3 heteroatoms. The summed E-state index contributed by atoms with van der Waals surface area (Å²) >= 11 is 0. The highest BCUT2D eigenvalue weighted by Crippen LogP contribution is 2.22. The second kappa shape index (κ2) is 4.13. The zero-order valence-corrected chi connectivity index (χ0v) is 9.03. The standard InChI is InChI=1S/C11H19N3/c1-9(11-3-4-12-7-11)5-10-6-13-14(2)8-10/h6,8-9,11-12H,3-5,7H2,1-2H3. The van der Waals surface area contributed by atoms with Crippen LogP contribution in [0.15, 0.2) is 12.4 Å². The van der Waals surface area contributed by atoms with Gasteiger partial charge >= 0.3 is 0 Å². The lowest BCUT2D eigenvalue weighted by Crippen LogP contribution is -2.17. The summed E-state index contributed by atoms with van der Waals surface area (Å²) in [6, 6.07) is 0. The minimum atomic E-state index is 0.772. The molecule has 2 atom stereocenters. The minimum absolute atomic E-state index is 0.772. The van der Waals surface area contributed by atoms with Gasteiger partial charge in [0.2, 0.25) is 0 Å². The summed E-state index contributed by atoms with van der Waals surface area (Å²) in [5, 5.41) is 7.62. The molecule has 1 fully saturated rings. The summed E-state index contributed by atoms with van der Waals surface area (Å²) in [7, 11) is 1.98. The molecule has 1 aromatic rings. The van der Waals surface area contributed by atoms with Gasteiger partial charge in [-0.1, -0.05) is 6.92 Å². The Morgan fingerprint density at radius 1 is 1.71 bits per heavy atom. The third-order valence-electron chi connectivity index (χ3n) is 3.22. The fourth-order valence-corrected chi connectivity index (χ4v) is 2.28. The zero-order chi connectivity index (χ0) is 9.97. The van der Waals surface area contributed by atoms with E-state index in [0.717, 1.165) is 11.8 Å². The summed E-state index contributed by atoms with van der Waals surface area (Å²) < 4.78 is 1.88. The maximum atomic E-state index is 4.20. The van der Waals surface area contributed by atoms with Crippen LogP contribution in [0.2, 0.25) is 0 Å². The van der Waals surface area contributed by atoms with Crippen LogP contribution in [-0.2, 0) is 13.5 Å². The van der Waals surface area contributed by atoms with Gasteiger partial charge in [0, 0.05) is 13.2 Å². The summed E-state index contributed by atoms with van der Waals surface area (Å²) in [5.74, 6) is 1.63. The van der Waals surface area contributed by atoms with Crippen molar-refractivity contribution in [2.45, 2.75) is 19.8 Å². The van der Waals surface area contributed by atoms with Crippen LogP contribution >= 0.6 is 0 Å². The third-order valence-corrected chi connectivity index (χ3v) is 3.22. The Balaban J connectivity index is 1.90. The Labute approximate surface area is 85.5 Å². The average Bonchev–Trinajstić information content (AvgIpc) is 2.75. The first-order valence-corrected chi connectivity index (χ1v) is 5.44. The van der Waals surface area contributed by atoms with Crippen molar-refractivity contribution in [3.05, 3.63) is 18.0 Å². The molecule has 78 valence electrons. The molecule has 1 N–H and O–H groups in total. The van der Waals surface area contributed by atoms with Crippen LogP contribution in [0.4, 0.5) is 0 Å². The highest BCUT2D eigenvalue weighted by Gasteiger charge is 2.21. The van der Waals surface area contributed by atoms with Crippen LogP contribution in [0, 0.1) is 11.8 Å². The number of aryl methyl sites for hydroxylation is 1.